The van der Waals surface area contributed by atoms with Gasteiger partial charge in [-0.3, -0.25) is 4.72 Å². The molecule has 0 aliphatic rings. The summed E-state index contributed by atoms with van der Waals surface area (Å²) in [5.74, 6) is -1.09. The molecule has 2 rings (SSSR count). The third-order valence-corrected chi connectivity index (χ3v) is 4.83. The maximum atomic E-state index is 12.4. The van der Waals surface area contributed by atoms with E-state index >= 15 is 0 Å². The monoisotopic (exact) mass is 319 g/mol. The molecule has 2 aromatic carbocycles. The van der Waals surface area contributed by atoms with Crippen LogP contribution in [0, 0.1) is 6.92 Å². The first-order valence-corrected chi connectivity index (χ1v) is 8.28. The number of rotatable bonds is 5. The van der Waals surface area contributed by atoms with E-state index in [9.17, 15) is 13.2 Å². The van der Waals surface area contributed by atoms with E-state index in [1.165, 1.54) is 24.3 Å². The van der Waals surface area contributed by atoms with E-state index < -0.39 is 16.0 Å². The molecule has 0 fully saturated rings. The largest absolute Gasteiger partial charge is 0.478 e. The van der Waals surface area contributed by atoms with Gasteiger partial charge in [0.05, 0.1) is 16.1 Å². The van der Waals surface area contributed by atoms with Gasteiger partial charge in [0.25, 0.3) is 10.0 Å². The molecule has 2 aromatic rings. The normalized spacial score (nSPS) is 11.2. The standard InChI is InChI=1S/C16H17NO4S/c1-3-12-7-9-13(10-8-12)22(20,21)17-15-6-4-5-14(11(15)2)16(18)19/h4-10,17H,3H2,1-2H3,(H,18,19). The maximum Gasteiger partial charge on any atom is 0.336 e. The number of anilines is 1. The minimum atomic E-state index is -3.75. The van der Waals surface area contributed by atoms with Crippen LogP contribution in [-0.2, 0) is 16.4 Å². The lowest BCUT2D eigenvalue weighted by atomic mass is 10.1. The molecule has 0 radical (unpaired) electrons. The Bertz CT molecular complexity index is 795. The van der Waals surface area contributed by atoms with Crippen LogP contribution < -0.4 is 4.72 Å². The molecule has 0 aliphatic heterocycles. The number of carboxylic acid groups (broad SMARTS) is 1. The molecule has 0 atom stereocenters. The summed E-state index contributed by atoms with van der Waals surface area (Å²) in [6.45, 7) is 3.56. The highest BCUT2D eigenvalue weighted by atomic mass is 32.2. The Morgan fingerprint density at radius 3 is 2.32 bits per heavy atom. The number of aromatic carboxylic acids is 1. The van der Waals surface area contributed by atoms with E-state index in [-0.39, 0.29) is 16.1 Å². The van der Waals surface area contributed by atoms with Gasteiger partial charge in [0, 0.05) is 0 Å². The van der Waals surface area contributed by atoms with E-state index in [0.717, 1.165) is 12.0 Å². The summed E-state index contributed by atoms with van der Waals surface area (Å²) in [7, 11) is -3.75. The molecule has 0 heterocycles. The number of carbonyl (C=O) groups is 1. The third-order valence-electron chi connectivity index (χ3n) is 3.45. The number of aryl methyl sites for hydroxylation is 1. The zero-order chi connectivity index (χ0) is 16.3. The molecule has 0 bridgehead atoms. The van der Waals surface area contributed by atoms with Crippen LogP contribution in [0.3, 0.4) is 0 Å². The molecule has 2 N–H and O–H groups in total. The minimum Gasteiger partial charge on any atom is -0.478 e. The Balaban J connectivity index is 2.36. The minimum absolute atomic E-state index is 0.0709. The second kappa shape index (κ2) is 6.19. The van der Waals surface area contributed by atoms with Crippen LogP contribution in [0.15, 0.2) is 47.4 Å². The Hall–Kier alpha value is -2.34. The van der Waals surface area contributed by atoms with Gasteiger partial charge in [-0.25, -0.2) is 13.2 Å². The van der Waals surface area contributed by atoms with E-state index in [4.69, 9.17) is 5.11 Å². The molecule has 0 saturated carbocycles. The molecule has 0 saturated heterocycles. The highest BCUT2D eigenvalue weighted by Gasteiger charge is 2.17. The first-order chi connectivity index (χ1) is 10.3. The number of carboxylic acids is 1. The highest BCUT2D eigenvalue weighted by molar-refractivity contribution is 7.92. The first kappa shape index (κ1) is 16.0. The summed E-state index contributed by atoms with van der Waals surface area (Å²) in [6, 6.07) is 11.1. The third kappa shape index (κ3) is 3.28. The summed E-state index contributed by atoms with van der Waals surface area (Å²) in [5.41, 5.74) is 1.76. The molecule has 5 nitrogen and oxygen atoms in total. The number of nitrogens with one attached hydrogen (secondary N) is 1. The van der Waals surface area contributed by atoms with Gasteiger partial charge in [0.2, 0.25) is 0 Å². The molecule has 22 heavy (non-hydrogen) atoms. The second-order valence-electron chi connectivity index (χ2n) is 4.89. The van der Waals surface area contributed by atoms with Gasteiger partial charge >= 0.3 is 5.97 Å². The van der Waals surface area contributed by atoms with Crippen molar-refractivity contribution in [3.8, 4) is 0 Å². The van der Waals surface area contributed by atoms with Crippen molar-refractivity contribution in [3.05, 3.63) is 59.2 Å². The van der Waals surface area contributed by atoms with E-state index in [1.54, 1.807) is 25.1 Å². The topological polar surface area (TPSA) is 83.5 Å². The van der Waals surface area contributed by atoms with Gasteiger partial charge in [0.1, 0.15) is 0 Å². The Kier molecular flexibility index (Phi) is 4.51. The van der Waals surface area contributed by atoms with Gasteiger partial charge in [-0.2, -0.15) is 0 Å². The van der Waals surface area contributed by atoms with Crippen molar-refractivity contribution in [2.45, 2.75) is 25.2 Å². The van der Waals surface area contributed by atoms with Crippen molar-refractivity contribution in [1.29, 1.82) is 0 Å². The van der Waals surface area contributed by atoms with Crippen molar-refractivity contribution >= 4 is 21.7 Å². The lowest BCUT2D eigenvalue weighted by Crippen LogP contribution is -2.15. The molecule has 0 spiro atoms. The van der Waals surface area contributed by atoms with Crippen molar-refractivity contribution in [2.24, 2.45) is 0 Å². The summed E-state index contributed by atoms with van der Waals surface area (Å²) in [6.07, 6.45) is 0.827. The Morgan fingerprint density at radius 2 is 1.77 bits per heavy atom. The summed E-state index contributed by atoms with van der Waals surface area (Å²) >= 11 is 0. The lowest BCUT2D eigenvalue weighted by molar-refractivity contribution is 0.0696. The van der Waals surface area contributed by atoms with Gasteiger partial charge in [-0.1, -0.05) is 25.1 Å². The van der Waals surface area contributed by atoms with E-state index in [0.29, 0.717) is 5.56 Å². The number of hydrogen-bond donors (Lipinski definition) is 2. The van der Waals surface area contributed by atoms with Gasteiger partial charge < -0.3 is 5.11 Å². The van der Waals surface area contributed by atoms with Crippen LogP contribution in [-0.4, -0.2) is 19.5 Å². The first-order valence-electron chi connectivity index (χ1n) is 6.80. The van der Waals surface area contributed by atoms with Crippen LogP contribution in [0.5, 0.6) is 0 Å². The highest BCUT2D eigenvalue weighted by Crippen LogP contribution is 2.22. The van der Waals surface area contributed by atoms with Gasteiger partial charge in [0.15, 0.2) is 0 Å². The summed E-state index contributed by atoms with van der Waals surface area (Å²) < 4.78 is 27.2. The van der Waals surface area contributed by atoms with E-state index in [1.807, 2.05) is 6.92 Å². The molecular weight excluding hydrogens is 302 g/mol. The van der Waals surface area contributed by atoms with Crippen LogP contribution >= 0.6 is 0 Å². The Morgan fingerprint density at radius 1 is 1.14 bits per heavy atom. The number of hydrogen-bond acceptors (Lipinski definition) is 3. The molecular formula is C16H17NO4S. The van der Waals surface area contributed by atoms with Crippen molar-refractivity contribution in [2.75, 3.05) is 4.72 Å². The summed E-state index contributed by atoms with van der Waals surface area (Å²) in [4.78, 5) is 11.2. The van der Waals surface area contributed by atoms with Crippen LogP contribution in [0.25, 0.3) is 0 Å². The van der Waals surface area contributed by atoms with E-state index in [2.05, 4.69) is 4.72 Å². The number of sulfonamides is 1. The average molecular weight is 319 g/mol. The average Bonchev–Trinajstić information content (AvgIpc) is 2.49. The lowest BCUT2D eigenvalue weighted by Gasteiger charge is -2.12. The molecule has 6 heteroatoms. The quantitative estimate of drug-likeness (QED) is 0.887. The molecule has 0 aliphatic carbocycles. The zero-order valence-electron chi connectivity index (χ0n) is 12.3. The predicted octanol–water partition coefficient (Wildman–Crippen LogP) is 3.06. The zero-order valence-corrected chi connectivity index (χ0v) is 13.1. The second-order valence-corrected chi connectivity index (χ2v) is 6.57. The van der Waals surface area contributed by atoms with Crippen LogP contribution in [0.2, 0.25) is 0 Å². The fourth-order valence-electron chi connectivity index (χ4n) is 2.09. The van der Waals surface area contributed by atoms with Crippen molar-refractivity contribution < 1.29 is 18.3 Å². The summed E-state index contributed by atoms with van der Waals surface area (Å²) in [5, 5.41) is 9.09. The fraction of sp³-hybridized carbons (Fsp3) is 0.188. The SMILES string of the molecule is CCc1ccc(S(=O)(=O)Nc2cccc(C(=O)O)c2C)cc1. The molecule has 0 unspecified atom stereocenters. The molecule has 116 valence electrons. The molecule has 0 amide bonds. The van der Waals surface area contributed by atoms with Gasteiger partial charge in [-0.05, 0) is 48.7 Å². The van der Waals surface area contributed by atoms with Gasteiger partial charge in [-0.15, -0.1) is 0 Å². The van der Waals surface area contributed by atoms with Crippen LogP contribution in [0.4, 0.5) is 5.69 Å². The van der Waals surface area contributed by atoms with Crippen molar-refractivity contribution in [1.82, 2.24) is 0 Å². The number of benzene rings is 2. The fourth-order valence-corrected chi connectivity index (χ4v) is 3.21. The smallest absolute Gasteiger partial charge is 0.336 e. The Labute approximate surface area is 129 Å². The predicted molar refractivity (Wildman–Crippen MR) is 84.8 cm³/mol. The molecule has 0 aromatic heterocycles. The maximum absolute atomic E-state index is 12.4. The van der Waals surface area contributed by atoms with Crippen molar-refractivity contribution in [3.63, 3.8) is 0 Å². The van der Waals surface area contributed by atoms with Crippen LogP contribution in [0.1, 0.15) is 28.4 Å².